The van der Waals surface area contributed by atoms with Gasteiger partial charge in [-0.1, -0.05) is 18.9 Å². The quantitative estimate of drug-likeness (QED) is 0.857. The zero-order chi connectivity index (χ0) is 13.8. The van der Waals surface area contributed by atoms with Crippen LogP contribution in [0.1, 0.15) is 25.2 Å². The van der Waals surface area contributed by atoms with Crippen LogP contribution in [0.2, 0.25) is 0 Å². The number of nitrogen functional groups attached to an aromatic ring is 1. The summed E-state index contributed by atoms with van der Waals surface area (Å²) in [6, 6.07) is 4.29. The number of nitrogens with zero attached hydrogens (tertiary/aromatic N) is 3. The van der Waals surface area contributed by atoms with Crippen LogP contribution in [-0.2, 0) is 12.8 Å². The van der Waals surface area contributed by atoms with Gasteiger partial charge in [-0.05, 0) is 25.0 Å². The van der Waals surface area contributed by atoms with Crippen molar-refractivity contribution in [3.63, 3.8) is 0 Å². The third-order valence-electron chi connectivity index (χ3n) is 2.67. The van der Waals surface area contributed by atoms with Crippen LogP contribution in [0, 0.1) is 5.82 Å². The molecule has 0 fully saturated rings. The van der Waals surface area contributed by atoms with Gasteiger partial charge in [0.1, 0.15) is 11.6 Å². The van der Waals surface area contributed by atoms with Crippen molar-refractivity contribution in [1.29, 1.82) is 0 Å². The van der Waals surface area contributed by atoms with Crippen molar-refractivity contribution in [2.24, 2.45) is 0 Å². The molecule has 2 rings (SSSR count). The number of rotatable bonds is 4. The maximum absolute atomic E-state index is 13.3. The van der Waals surface area contributed by atoms with Gasteiger partial charge < -0.3 is 10.5 Å². The van der Waals surface area contributed by atoms with Crippen molar-refractivity contribution in [3.05, 3.63) is 35.4 Å². The van der Waals surface area contributed by atoms with Gasteiger partial charge in [0.25, 0.3) is 0 Å². The van der Waals surface area contributed by atoms with Crippen molar-refractivity contribution in [1.82, 2.24) is 15.2 Å². The van der Waals surface area contributed by atoms with Crippen molar-refractivity contribution in [2.45, 2.75) is 26.7 Å². The molecule has 0 aliphatic carbocycles. The molecule has 6 heteroatoms. The lowest BCUT2D eigenvalue weighted by Crippen LogP contribution is -2.04. The Morgan fingerprint density at radius 1 is 1.16 bits per heavy atom. The number of halogens is 1. The maximum atomic E-state index is 13.3. The number of ether oxygens (including phenoxy) is 1. The number of hydrogen-bond acceptors (Lipinski definition) is 5. The minimum absolute atomic E-state index is 0.0713. The largest absolute Gasteiger partial charge is 0.423 e. The fraction of sp³-hybridized carbons (Fsp3) is 0.308. The van der Waals surface area contributed by atoms with Gasteiger partial charge in [-0.25, -0.2) is 4.39 Å². The predicted molar refractivity (Wildman–Crippen MR) is 69.5 cm³/mol. The molecule has 0 radical (unpaired) electrons. The zero-order valence-corrected chi connectivity index (χ0v) is 10.9. The number of benzene rings is 1. The van der Waals surface area contributed by atoms with Crippen LogP contribution in [-0.4, -0.2) is 15.2 Å². The highest BCUT2D eigenvalue weighted by Gasteiger charge is 2.09. The second-order valence-corrected chi connectivity index (χ2v) is 3.98. The topological polar surface area (TPSA) is 73.9 Å². The summed E-state index contributed by atoms with van der Waals surface area (Å²) in [6.07, 6.45) is 1.51. The minimum Gasteiger partial charge on any atom is -0.423 e. The average molecular weight is 262 g/mol. The van der Waals surface area contributed by atoms with E-state index in [1.165, 1.54) is 12.1 Å². The van der Waals surface area contributed by atoms with E-state index < -0.39 is 5.82 Å². The molecule has 0 unspecified atom stereocenters. The van der Waals surface area contributed by atoms with Gasteiger partial charge in [0.05, 0.1) is 17.1 Å². The summed E-state index contributed by atoms with van der Waals surface area (Å²) in [5.41, 5.74) is 7.14. The summed E-state index contributed by atoms with van der Waals surface area (Å²) >= 11 is 0. The van der Waals surface area contributed by atoms with Gasteiger partial charge in [0.2, 0.25) is 0 Å². The fourth-order valence-corrected chi connectivity index (χ4v) is 1.64. The van der Waals surface area contributed by atoms with Crippen LogP contribution in [0.4, 0.5) is 10.1 Å². The Labute approximate surface area is 110 Å². The highest BCUT2D eigenvalue weighted by Crippen LogP contribution is 2.22. The van der Waals surface area contributed by atoms with Crippen LogP contribution >= 0.6 is 0 Å². The Morgan fingerprint density at radius 2 is 1.89 bits per heavy atom. The monoisotopic (exact) mass is 262 g/mol. The first-order chi connectivity index (χ1) is 9.13. The molecule has 5 nitrogen and oxygen atoms in total. The van der Waals surface area contributed by atoms with Gasteiger partial charge >= 0.3 is 6.01 Å². The predicted octanol–water partition coefficient (Wildman–Crippen LogP) is 2.51. The number of aromatic nitrogens is 3. The Hall–Kier alpha value is -2.24. The Kier molecular flexibility index (Phi) is 3.89. The summed E-state index contributed by atoms with van der Waals surface area (Å²) in [5.74, 6) is -0.244. The van der Waals surface area contributed by atoms with Crippen molar-refractivity contribution < 1.29 is 9.13 Å². The Balaban J connectivity index is 2.25. The van der Waals surface area contributed by atoms with Gasteiger partial charge in [-0.15, -0.1) is 5.10 Å². The lowest BCUT2D eigenvalue weighted by atomic mass is 10.2. The summed E-state index contributed by atoms with van der Waals surface area (Å²) in [4.78, 5) is 4.26. The van der Waals surface area contributed by atoms with Crippen LogP contribution in [0.5, 0.6) is 11.8 Å². The van der Waals surface area contributed by atoms with E-state index in [9.17, 15) is 4.39 Å². The van der Waals surface area contributed by atoms with Gasteiger partial charge in [0.15, 0.2) is 0 Å². The van der Waals surface area contributed by atoms with E-state index in [1.54, 1.807) is 6.07 Å². The normalized spacial score (nSPS) is 10.5. The molecule has 0 bridgehead atoms. The van der Waals surface area contributed by atoms with E-state index in [0.29, 0.717) is 5.75 Å². The zero-order valence-electron chi connectivity index (χ0n) is 10.9. The molecule has 0 spiro atoms. The standard InChI is InChI=1S/C13H15FN4O/c1-3-11-12(4-2)17-18-13(16-11)19-8-5-6-10(15)9(14)7-8/h5-7H,3-4,15H2,1-2H3. The Morgan fingerprint density at radius 3 is 2.53 bits per heavy atom. The molecule has 0 amide bonds. The first-order valence-electron chi connectivity index (χ1n) is 6.09. The van der Waals surface area contributed by atoms with E-state index in [-0.39, 0.29) is 11.7 Å². The number of hydrogen-bond donors (Lipinski definition) is 1. The van der Waals surface area contributed by atoms with Crippen molar-refractivity contribution in [3.8, 4) is 11.8 Å². The van der Waals surface area contributed by atoms with Crippen LogP contribution in [0.15, 0.2) is 18.2 Å². The molecule has 0 aliphatic rings. The Bertz CT molecular complexity index is 589. The summed E-state index contributed by atoms with van der Waals surface area (Å²) < 4.78 is 18.7. The lowest BCUT2D eigenvalue weighted by Gasteiger charge is -2.07. The SMILES string of the molecule is CCc1nnc(Oc2ccc(N)c(F)c2)nc1CC. The lowest BCUT2D eigenvalue weighted by molar-refractivity contribution is 0.425. The third kappa shape index (κ3) is 2.96. The van der Waals surface area contributed by atoms with Crippen LogP contribution in [0.3, 0.4) is 0 Å². The molecule has 100 valence electrons. The molecule has 0 saturated heterocycles. The molecule has 0 aliphatic heterocycles. The second kappa shape index (κ2) is 5.60. The number of nitrogens with two attached hydrogens (primary N) is 1. The third-order valence-corrected chi connectivity index (χ3v) is 2.67. The van der Waals surface area contributed by atoms with Gasteiger partial charge in [-0.2, -0.15) is 4.98 Å². The first-order valence-corrected chi connectivity index (χ1v) is 6.09. The molecular formula is C13H15FN4O. The summed E-state index contributed by atoms with van der Waals surface area (Å²) in [5, 5.41) is 7.92. The van der Waals surface area contributed by atoms with Gasteiger partial charge in [-0.3, -0.25) is 0 Å². The number of anilines is 1. The molecule has 1 heterocycles. The number of aryl methyl sites for hydroxylation is 2. The molecule has 1 aromatic carbocycles. The minimum atomic E-state index is -0.536. The molecule has 2 aromatic rings. The average Bonchev–Trinajstić information content (AvgIpc) is 2.43. The van der Waals surface area contributed by atoms with Gasteiger partial charge in [0, 0.05) is 6.07 Å². The molecular weight excluding hydrogens is 247 g/mol. The van der Waals surface area contributed by atoms with Crippen molar-refractivity contribution in [2.75, 3.05) is 5.73 Å². The van der Waals surface area contributed by atoms with Crippen molar-refractivity contribution >= 4 is 5.69 Å². The highest BCUT2D eigenvalue weighted by atomic mass is 19.1. The van der Waals surface area contributed by atoms with Crippen LogP contribution < -0.4 is 10.5 Å². The van der Waals surface area contributed by atoms with E-state index in [2.05, 4.69) is 15.2 Å². The molecule has 0 atom stereocenters. The fourth-order valence-electron chi connectivity index (χ4n) is 1.64. The molecule has 2 N–H and O–H groups in total. The van der Waals surface area contributed by atoms with Crippen LogP contribution in [0.25, 0.3) is 0 Å². The molecule has 0 saturated carbocycles. The smallest absolute Gasteiger partial charge is 0.341 e. The maximum Gasteiger partial charge on any atom is 0.341 e. The molecule has 1 aromatic heterocycles. The highest BCUT2D eigenvalue weighted by molar-refractivity contribution is 5.44. The summed E-state index contributed by atoms with van der Waals surface area (Å²) in [7, 11) is 0. The molecule has 19 heavy (non-hydrogen) atoms. The second-order valence-electron chi connectivity index (χ2n) is 3.98. The summed E-state index contributed by atoms with van der Waals surface area (Å²) in [6.45, 7) is 3.97. The van der Waals surface area contributed by atoms with E-state index in [1.807, 2.05) is 13.8 Å². The van der Waals surface area contributed by atoms with E-state index in [0.717, 1.165) is 24.2 Å². The van der Waals surface area contributed by atoms with E-state index in [4.69, 9.17) is 10.5 Å². The first kappa shape index (κ1) is 13.2. The van der Waals surface area contributed by atoms with E-state index >= 15 is 0 Å².